The lowest BCUT2D eigenvalue weighted by Crippen LogP contribution is -2.27. The maximum Gasteiger partial charge on any atom is 0.416 e. The van der Waals surface area contributed by atoms with Gasteiger partial charge in [-0.3, -0.25) is 4.79 Å². The Labute approximate surface area is 135 Å². The summed E-state index contributed by atoms with van der Waals surface area (Å²) in [5, 5.41) is 11.3. The summed E-state index contributed by atoms with van der Waals surface area (Å²) in [6.07, 6.45) is -4.21. The van der Waals surface area contributed by atoms with Crippen LogP contribution in [0.3, 0.4) is 0 Å². The Kier molecular flexibility index (Phi) is 5.56. The van der Waals surface area contributed by atoms with Crippen molar-refractivity contribution in [2.45, 2.75) is 19.2 Å². The molecule has 24 heavy (non-hydrogen) atoms. The molecule has 0 saturated heterocycles. The molecule has 0 spiro atoms. The van der Waals surface area contributed by atoms with Gasteiger partial charge in [0.15, 0.2) is 0 Å². The number of carbonyl (C=O) groups excluding carboxylic acids is 1. The number of hydrogen-bond donors (Lipinski definition) is 2. The summed E-state index contributed by atoms with van der Waals surface area (Å²) < 4.78 is 51.5. The Morgan fingerprint density at radius 3 is 2.25 bits per heavy atom. The smallest absolute Gasteiger partial charge is 0.392 e. The minimum absolute atomic E-state index is 0.0775. The van der Waals surface area contributed by atoms with Gasteiger partial charge in [-0.05, 0) is 35.7 Å². The first-order chi connectivity index (χ1) is 11.3. The van der Waals surface area contributed by atoms with E-state index in [1.165, 1.54) is 0 Å². The van der Waals surface area contributed by atoms with E-state index in [4.69, 9.17) is 5.11 Å². The van der Waals surface area contributed by atoms with E-state index in [1.54, 1.807) is 24.3 Å². The summed E-state index contributed by atoms with van der Waals surface area (Å²) in [5.74, 6) is -1.90. The summed E-state index contributed by atoms with van der Waals surface area (Å²) in [6, 6.07) is 8.71. The zero-order valence-corrected chi connectivity index (χ0v) is 12.5. The van der Waals surface area contributed by atoms with Gasteiger partial charge in [0, 0.05) is 6.54 Å². The maximum atomic E-state index is 13.6. The van der Waals surface area contributed by atoms with Crippen molar-refractivity contribution in [3.63, 3.8) is 0 Å². The molecule has 0 bridgehead atoms. The quantitative estimate of drug-likeness (QED) is 0.820. The second kappa shape index (κ2) is 7.44. The molecular formula is C17H15F4NO2. The van der Waals surface area contributed by atoms with Crippen LogP contribution >= 0.6 is 0 Å². The Morgan fingerprint density at radius 2 is 1.67 bits per heavy atom. The van der Waals surface area contributed by atoms with Gasteiger partial charge in [-0.2, -0.15) is 13.2 Å². The molecule has 0 unspecified atom stereocenters. The number of alkyl halides is 3. The van der Waals surface area contributed by atoms with E-state index in [0.29, 0.717) is 24.6 Å². The average Bonchev–Trinajstić information content (AvgIpc) is 2.54. The fraction of sp³-hybridized carbons (Fsp3) is 0.235. The highest BCUT2D eigenvalue weighted by atomic mass is 19.4. The third-order valence-electron chi connectivity index (χ3n) is 3.44. The van der Waals surface area contributed by atoms with Gasteiger partial charge >= 0.3 is 6.18 Å². The fourth-order valence-corrected chi connectivity index (χ4v) is 2.10. The summed E-state index contributed by atoms with van der Waals surface area (Å²) in [5.41, 5.74) is -0.0973. The minimum Gasteiger partial charge on any atom is -0.392 e. The lowest BCUT2D eigenvalue weighted by atomic mass is 10.1. The van der Waals surface area contributed by atoms with Gasteiger partial charge < -0.3 is 10.4 Å². The summed E-state index contributed by atoms with van der Waals surface area (Å²) in [6.45, 7) is 0.0683. The number of aliphatic hydroxyl groups excluding tert-OH is 1. The van der Waals surface area contributed by atoms with Gasteiger partial charge in [0.05, 0.1) is 17.7 Å². The lowest BCUT2D eigenvalue weighted by Gasteiger charge is -2.10. The Balaban J connectivity index is 1.99. The number of benzene rings is 2. The first-order valence-electron chi connectivity index (χ1n) is 7.15. The van der Waals surface area contributed by atoms with Crippen LogP contribution in [0.4, 0.5) is 17.6 Å². The molecule has 7 heteroatoms. The van der Waals surface area contributed by atoms with Crippen molar-refractivity contribution >= 4 is 5.91 Å². The number of carbonyl (C=O) groups is 1. The van der Waals surface area contributed by atoms with Crippen LogP contribution in [0.15, 0.2) is 42.5 Å². The molecule has 2 aromatic rings. The highest BCUT2D eigenvalue weighted by molar-refractivity contribution is 5.94. The second-order valence-electron chi connectivity index (χ2n) is 5.17. The van der Waals surface area contributed by atoms with Gasteiger partial charge in [-0.1, -0.05) is 24.3 Å². The van der Waals surface area contributed by atoms with Crippen molar-refractivity contribution in [3.8, 4) is 0 Å². The Hall–Kier alpha value is -2.41. The number of rotatable bonds is 5. The maximum absolute atomic E-state index is 13.6. The van der Waals surface area contributed by atoms with E-state index < -0.39 is 29.0 Å². The Morgan fingerprint density at radius 1 is 1.04 bits per heavy atom. The molecule has 0 fully saturated rings. The van der Waals surface area contributed by atoms with Crippen LogP contribution < -0.4 is 5.32 Å². The predicted octanol–water partition coefficient (Wildman–Crippen LogP) is 3.31. The standard InChI is InChI=1S/C17H15F4NO2/c18-15-6-5-13(17(19,20)21)9-14(15)16(24)22-8-7-11-1-3-12(10-23)4-2-11/h1-6,9,23H,7-8,10H2,(H,22,24). The Bertz CT molecular complexity index is 712. The molecule has 2 rings (SSSR count). The zero-order chi connectivity index (χ0) is 17.7. The third-order valence-corrected chi connectivity index (χ3v) is 3.44. The van der Waals surface area contributed by atoms with Crippen LogP contribution in [0.2, 0.25) is 0 Å². The molecule has 0 aliphatic carbocycles. The van der Waals surface area contributed by atoms with Gasteiger partial charge in [0.25, 0.3) is 5.91 Å². The summed E-state index contributed by atoms with van der Waals surface area (Å²) in [4.78, 5) is 11.9. The first-order valence-corrected chi connectivity index (χ1v) is 7.15. The largest absolute Gasteiger partial charge is 0.416 e. The molecule has 0 saturated carbocycles. The molecule has 128 valence electrons. The van der Waals surface area contributed by atoms with Gasteiger partial charge in [-0.15, -0.1) is 0 Å². The normalized spacial score (nSPS) is 11.4. The van der Waals surface area contributed by atoms with Crippen LogP contribution in [0.1, 0.15) is 27.0 Å². The molecule has 0 heterocycles. The molecule has 2 N–H and O–H groups in total. The van der Waals surface area contributed by atoms with E-state index in [-0.39, 0.29) is 13.2 Å². The lowest BCUT2D eigenvalue weighted by molar-refractivity contribution is -0.137. The minimum atomic E-state index is -4.64. The van der Waals surface area contributed by atoms with Gasteiger partial charge in [0.1, 0.15) is 5.82 Å². The monoisotopic (exact) mass is 341 g/mol. The number of amides is 1. The summed E-state index contributed by atoms with van der Waals surface area (Å²) in [7, 11) is 0. The highest BCUT2D eigenvalue weighted by Gasteiger charge is 2.31. The summed E-state index contributed by atoms with van der Waals surface area (Å²) >= 11 is 0. The average molecular weight is 341 g/mol. The van der Waals surface area contributed by atoms with Gasteiger partial charge in [-0.25, -0.2) is 4.39 Å². The molecule has 3 nitrogen and oxygen atoms in total. The van der Waals surface area contributed by atoms with E-state index in [1.807, 2.05) is 0 Å². The highest BCUT2D eigenvalue weighted by Crippen LogP contribution is 2.30. The number of hydrogen-bond acceptors (Lipinski definition) is 2. The molecule has 0 aliphatic heterocycles. The van der Waals surface area contributed by atoms with E-state index in [9.17, 15) is 22.4 Å². The van der Waals surface area contributed by atoms with Crippen LogP contribution in [-0.2, 0) is 19.2 Å². The zero-order valence-electron chi connectivity index (χ0n) is 12.5. The van der Waals surface area contributed by atoms with Crippen LogP contribution in [0.25, 0.3) is 0 Å². The topological polar surface area (TPSA) is 49.3 Å². The van der Waals surface area contributed by atoms with Crippen molar-refractivity contribution in [3.05, 3.63) is 70.5 Å². The van der Waals surface area contributed by atoms with Crippen molar-refractivity contribution in [1.29, 1.82) is 0 Å². The van der Waals surface area contributed by atoms with Crippen molar-refractivity contribution in [2.24, 2.45) is 0 Å². The number of aliphatic hydroxyl groups is 1. The van der Waals surface area contributed by atoms with E-state index >= 15 is 0 Å². The predicted molar refractivity (Wildman–Crippen MR) is 79.8 cm³/mol. The van der Waals surface area contributed by atoms with Crippen molar-refractivity contribution in [1.82, 2.24) is 5.32 Å². The van der Waals surface area contributed by atoms with Crippen LogP contribution in [0.5, 0.6) is 0 Å². The molecule has 1 amide bonds. The van der Waals surface area contributed by atoms with Crippen molar-refractivity contribution in [2.75, 3.05) is 6.54 Å². The van der Waals surface area contributed by atoms with E-state index in [0.717, 1.165) is 11.1 Å². The van der Waals surface area contributed by atoms with Crippen LogP contribution in [0, 0.1) is 5.82 Å². The molecule has 0 aliphatic rings. The van der Waals surface area contributed by atoms with Crippen molar-refractivity contribution < 1.29 is 27.5 Å². The number of nitrogens with one attached hydrogen (secondary N) is 1. The molecule has 2 aromatic carbocycles. The second-order valence-corrected chi connectivity index (χ2v) is 5.17. The fourth-order valence-electron chi connectivity index (χ4n) is 2.10. The van der Waals surface area contributed by atoms with Gasteiger partial charge in [0.2, 0.25) is 0 Å². The molecular weight excluding hydrogens is 326 g/mol. The molecule has 0 radical (unpaired) electrons. The SMILES string of the molecule is O=C(NCCc1ccc(CO)cc1)c1cc(C(F)(F)F)ccc1F. The molecule has 0 aromatic heterocycles. The third kappa shape index (κ3) is 4.55. The van der Waals surface area contributed by atoms with E-state index in [2.05, 4.69) is 5.32 Å². The number of halogens is 4. The van der Waals surface area contributed by atoms with Crippen LogP contribution in [-0.4, -0.2) is 17.6 Å². The first kappa shape index (κ1) is 17.9. The molecule has 0 atom stereocenters.